The first-order valence-corrected chi connectivity index (χ1v) is 5.18. The minimum Gasteiger partial charge on any atom is -0.484 e. The summed E-state index contributed by atoms with van der Waals surface area (Å²) in [6.45, 7) is 1.87. The van der Waals surface area contributed by atoms with Gasteiger partial charge in [-0.2, -0.15) is 10.2 Å². The first-order chi connectivity index (χ1) is 8.19. The van der Waals surface area contributed by atoms with Crippen molar-refractivity contribution in [3.05, 3.63) is 40.5 Å². The zero-order valence-electron chi connectivity index (χ0n) is 8.98. The largest absolute Gasteiger partial charge is 0.484 e. The molecule has 1 aromatic carbocycles. The van der Waals surface area contributed by atoms with E-state index in [1.54, 1.807) is 25.1 Å². The second-order valence-electron chi connectivity index (χ2n) is 3.28. The molecule has 2 rings (SSSR count). The van der Waals surface area contributed by atoms with Crippen LogP contribution in [0.5, 0.6) is 5.75 Å². The molecule has 0 radical (unpaired) electrons. The van der Waals surface area contributed by atoms with Crippen LogP contribution in [0.25, 0.3) is 0 Å². The van der Waals surface area contributed by atoms with Gasteiger partial charge in [0, 0.05) is 6.92 Å². The lowest BCUT2D eigenvalue weighted by Crippen LogP contribution is -1.98. The van der Waals surface area contributed by atoms with Crippen molar-refractivity contribution in [2.75, 3.05) is 0 Å². The SMILES string of the molecule is Cc1nc(COc2ccc(C#N)cc2Cl)no1. The maximum absolute atomic E-state index is 8.68. The van der Waals surface area contributed by atoms with Crippen LogP contribution in [0, 0.1) is 18.3 Å². The number of ether oxygens (including phenoxy) is 1. The highest BCUT2D eigenvalue weighted by Gasteiger charge is 2.06. The van der Waals surface area contributed by atoms with Crippen molar-refractivity contribution in [3.8, 4) is 11.8 Å². The van der Waals surface area contributed by atoms with Crippen LogP contribution in [0.15, 0.2) is 22.7 Å². The Morgan fingerprint density at radius 2 is 2.35 bits per heavy atom. The summed E-state index contributed by atoms with van der Waals surface area (Å²) in [7, 11) is 0. The molecule has 0 N–H and O–H groups in total. The number of benzene rings is 1. The monoisotopic (exact) mass is 249 g/mol. The Bertz CT molecular complexity index is 574. The number of hydrogen-bond acceptors (Lipinski definition) is 5. The highest BCUT2D eigenvalue weighted by Crippen LogP contribution is 2.25. The van der Waals surface area contributed by atoms with Gasteiger partial charge in [0.15, 0.2) is 6.61 Å². The molecule has 0 fully saturated rings. The van der Waals surface area contributed by atoms with E-state index in [0.29, 0.717) is 28.1 Å². The fourth-order valence-corrected chi connectivity index (χ4v) is 1.46. The van der Waals surface area contributed by atoms with Gasteiger partial charge in [-0.15, -0.1) is 0 Å². The van der Waals surface area contributed by atoms with Gasteiger partial charge >= 0.3 is 0 Å². The lowest BCUT2D eigenvalue weighted by Gasteiger charge is -2.05. The second kappa shape index (κ2) is 4.85. The highest BCUT2D eigenvalue weighted by atomic mass is 35.5. The summed E-state index contributed by atoms with van der Waals surface area (Å²) in [6.07, 6.45) is 0. The summed E-state index contributed by atoms with van der Waals surface area (Å²) in [5, 5.41) is 12.7. The molecule has 6 heteroatoms. The van der Waals surface area contributed by atoms with E-state index in [4.69, 9.17) is 26.1 Å². The van der Waals surface area contributed by atoms with Crippen molar-refractivity contribution in [1.29, 1.82) is 5.26 Å². The maximum Gasteiger partial charge on any atom is 0.223 e. The normalized spacial score (nSPS) is 9.94. The van der Waals surface area contributed by atoms with Gasteiger partial charge < -0.3 is 9.26 Å². The molecule has 0 saturated carbocycles. The van der Waals surface area contributed by atoms with Gasteiger partial charge in [-0.05, 0) is 18.2 Å². The lowest BCUT2D eigenvalue weighted by atomic mass is 10.2. The van der Waals surface area contributed by atoms with E-state index in [2.05, 4.69) is 10.1 Å². The Balaban J connectivity index is 2.07. The topological polar surface area (TPSA) is 71.9 Å². The fourth-order valence-electron chi connectivity index (χ4n) is 1.23. The zero-order valence-corrected chi connectivity index (χ0v) is 9.73. The van der Waals surface area contributed by atoms with Gasteiger partial charge in [0.1, 0.15) is 5.75 Å². The fraction of sp³-hybridized carbons (Fsp3) is 0.182. The summed E-state index contributed by atoms with van der Waals surface area (Å²) in [5.74, 6) is 1.41. The van der Waals surface area contributed by atoms with E-state index < -0.39 is 0 Å². The number of aryl methyl sites for hydroxylation is 1. The minimum atomic E-state index is 0.170. The van der Waals surface area contributed by atoms with E-state index in [1.807, 2.05) is 6.07 Å². The van der Waals surface area contributed by atoms with Crippen LogP contribution in [-0.4, -0.2) is 10.1 Å². The van der Waals surface area contributed by atoms with Crippen LogP contribution in [0.2, 0.25) is 5.02 Å². The molecule has 0 atom stereocenters. The van der Waals surface area contributed by atoms with Gasteiger partial charge in [0.2, 0.25) is 11.7 Å². The van der Waals surface area contributed by atoms with Gasteiger partial charge in [-0.3, -0.25) is 0 Å². The van der Waals surface area contributed by atoms with Gasteiger partial charge in [0.25, 0.3) is 0 Å². The number of halogens is 1. The third kappa shape index (κ3) is 2.74. The molecule has 5 nitrogen and oxygen atoms in total. The molecule has 0 saturated heterocycles. The van der Waals surface area contributed by atoms with Gasteiger partial charge in [-0.1, -0.05) is 16.8 Å². The number of nitrogens with zero attached hydrogens (tertiary/aromatic N) is 3. The molecule has 0 aliphatic carbocycles. The quantitative estimate of drug-likeness (QED) is 0.836. The molecular formula is C11H8ClN3O2. The summed E-state index contributed by atoms with van der Waals surface area (Å²) >= 11 is 5.94. The number of hydrogen-bond donors (Lipinski definition) is 0. The first kappa shape index (κ1) is 11.4. The van der Waals surface area contributed by atoms with Crippen LogP contribution in [0.1, 0.15) is 17.3 Å². The summed E-state index contributed by atoms with van der Waals surface area (Å²) in [6, 6.07) is 6.79. The van der Waals surface area contributed by atoms with E-state index in [0.717, 1.165) is 0 Å². The molecule has 0 aliphatic heterocycles. The molecule has 0 aliphatic rings. The van der Waals surface area contributed by atoms with E-state index in [-0.39, 0.29) is 6.61 Å². The summed E-state index contributed by atoms with van der Waals surface area (Å²) in [5.41, 5.74) is 0.484. The zero-order chi connectivity index (χ0) is 12.3. The predicted octanol–water partition coefficient (Wildman–Crippen LogP) is 2.48. The van der Waals surface area contributed by atoms with Crippen molar-refractivity contribution < 1.29 is 9.26 Å². The van der Waals surface area contributed by atoms with E-state index in [9.17, 15) is 0 Å². The Kier molecular flexibility index (Phi) is 3.26. The molecule has 1 aromatic heterocycles. The highest BCUT2D eigenvalue weighted by molar-refractivity contribution is 6.32. The maximum atomic E-state index is 8.68. The standard InChI is InChI=1S/C11H8ClN3O2/c1-7-14-11(15-17-7)6-16-10-3-2-8(5-13)4-9(10)12/h2-4H,6H2,1H3. The second-order valence-corrected chi connectivity index (χ2v) is 3.68. The third-order valence-corrected chi connectivity index (χ3v) is 2.28. The van der Waals surface area contributed by atoms with Crippen LogP contribution < -0.4 is 4.74 Å². The summed E-state index contributed by atoms with van der Waals surface area (Å²) in [4.78, 5) is 3.99. The van der Waals surface area contributed by atoms with Crippen LogP contribution >= 0.6 is 11.6 Å². The van der Waals surface area contributed by atoms with Crippen molar-refractivity contribution in [3.63, 3.8) is 0 Å². The number of rotatable bonds is 3. The molecule has 0 spiro atoms. The van der Waals surface area contributed by atoms with Crippen molar-refractivity contribution in [2.24, 2.45) is 0 Å². The average molecular weight is 250 g/mol. The molecule has 2 aromatic rings. The Labute approximate surface area is 103 Å². The van der Waals surface area contributed by atoms with Crippen LogP contribution in [0.3, 0.4) is 0 Å². The van der Waals surface area contributed by atoms with Gasteiger partial charge in [-0.25, -0.2) is 0 Å². The molecule has 0 bridgehead atoms. The lowest BCUT2D eigenvalue weighted by molar-refractivity contribution is 0.286. The third-order valence-electron chi connectivity index (χ3n) is 1.99. The average Bonchev–Trinajstić information content (AvgIpc) is 2.73. The van der Waals surface area contributed by atoms with E-state index in [1.165, 1.54) is 0 Å². The molecule has 0 amide bonds. The number of aromatic nitrogens is 2. The number of nitriles is 1. The van der Waals surface area contributed by atoms with Crippen molar-refractivity contribution >= 4 is 11.6 Å². The Hall–Kier alpha value is -2.06. The predicted molar refractivity (Wildman–Crippen MR) is 59.5 cm³/mol. The smallest absolute Gasteiger partial charge is 0.223 e. The van der Waals surface area contributed by atoms with Crippen molar-refractivity contribution in [2.45, 2.75) is 13.5 Å². The molecule has 86 valence electrons. The Morgan fingerprint density at radius 1 is 1.53 bits per heavy atom. The van der Waals surface area contributed by atoms with Crippen LogP contribution in [-0.2, 0) is 6.61 Å². The minimum absolute atomic E-state index is 0.170. The summed E-state index contributed by atoms with van der Waals surface area (Å²) < 4.78 is 10.2. The first-order valence-electron chi connectivity index (χ1n) is 4.80. The Morgan fingerprint density at radius 3 is 2.94 bits per heavy atom. The van der Waals surface area contributed by atoms with Crippen LogP contribution in [0.4, 0.5) is 0 Å². The van der Waals surface area contributed by atoms with E-state index >= 15 is 0 Å². The van der Waals surface area contributed by atoms with Gasteiger partial charge in [0.05, 0.1) is 16.7 Å². The van der Waals surface area contributed by atoms with Crippen molar-refractivity contribution in [1.82, 2.24) is 10.1 Å². The molecular weight excluding hydrogens is 242 g/mol. The molecule has 0 unspecified atom stereocenters. The molecule has 1 heterocycles. The molecule has 17 heavy (non-hydrogen) atoms.